The second-order valence-corrected chi connectivity index (χ2v) is 4.76. The van der Waals surface area contributed by atoms with Crippen molar-refractivity contribution >= 4 is 46.9 Å². The molecule has 0 spiro atoms. The number of hydrogen-bond acceptors (Lipinski definition) is 2. The molecule has 0 amide bonds. The van der Waals surface area contributed by atoms with E-state index >= 15 is 0 Å². The van der Waals surface area contributed by atoms with Gasteiger partial charge in [-0.2, -0.15) is 11.3 Å². The van der Waals surface area contributed by atoms with Crippen LogP contribution in [0.25, 0.3) is 0 Å². The zero-order chi connectivity index (χ0) is 10.8. The maximum atomic E-state index is 6.10. The fourth-order valence-electron chi connectivity index (χ4n) is 1.43. The Hall–Kier alpha value is -0.250. The van der Waals surface area contributed by atoms with Gasteiger partial charge in [-0.15, -0.1) is 12.4 Å². The molecule has 2 aromatic rings. The predicted octanol–water partition coefficient (Wildman–Crippen LogP) is 4.52. The van der Waals surface area contributed by atoms with Crippen LogP contribution in [-0.4, -0.2) is 0 Å². The van der Waals surface area contributed by atoms with Gasteiger partial charge in [0.2, 0.25) is 0 Å². The van der Waals surface area contributed by atoms with E-state index < -0.39 is 0 Å². The summed E-state index contributed by atoms with van der Waals surface area (Å²) >= 11 is 13.8. The molecule has 0 saturated carbocycles. The number of halogens is 3. The van der Waals surface area contributed by atoms with Crippen LogP contribution in [-0.2, 0) is 0 Å². The Bertz CT molecular complexity index is 436. The molecule has 5 heteroatoms. The van der Waals surface area contributed by atoms with Crippen molar-refractivity contribution in [2.24, 2.45) is 5.73 Å². The molecule has 86 valence electrons. The first-order valence-corrected chi connectivity index (χ1v) is 6.11. The third kappa shape index (κ3) is 2.70. The van der Waals surface area contributed by atoms with E-state index in [1.54, 1.807) is 23.5 Å². The molecule has 16 heavy (non-hydrogen) atoms. The minimum Gasteiger partial charge on any atom is -0.320 e. The molecule has 0 fully saturated rings. The Morgan fingerprint density at radius 1 is 1.12 bits per heavy atom. The van der Waals surface area contributed by atoms with E-state index in [1.807, 2.05) is 22.9 Å². The van der Waals surface area contributed by atoms with Gasteiger partial charge in [0.15, 0.2) is 0 Å². The summed E-state index contributed by atoms with van der Waals surface area (Å²) in [7, 11) is 0. The van der Waals surface area contributed by atoms with Crippen LogP contribution in [0.5, 0.6) is 0 Å². The van der Waals surface area contributed by atoms with Gasteiger partial charge in [0.05, 0.1) is 6.04 Å². The van der Waals surface area contributed by atoms with Gasteiger partial charge < -0.3 is 5.73 Å². The topological polar surface area (TPSA) is 26.0 Å². The highest BCUT2D eigenvalue weighted by atomic mass is 35.5. The summed E-state index contributed by atoms with van der Waals surface area (Å²) in [5.41, 5.74) is 7.93. The van der Waals surface area contributed by atoms with Gasteiger partial charge in [-0.1, -0.05) is 29.3 Å². The largest absolute Gasteiger partial charge is 0.320 e. The minimum atomic E-state index is -0.252. The van der Waals surface area contributed by atoms with Gasteiger partial charge in [0.1, 0.15) is 0 Å². The number of hydrogen-bond donors (Lipinski definition) is 1. The van der Waals surface area contributed by atoms with Crippen LogP contribution in [0.15, 0.2) is 35.0 Å². The van der Waals surface area contributed by atoms with E-state index in [0.717, 1.165) is 11.1 Å². The molecular formula is C11H10Cl3NS. The monoisotopic (exact) mass is 293 g/mol. The Morgan fingerprint density at radius 2 is 1.75 bits per heavy atom. The van der Waals surface area contributed by atoms with Crippen LogP contribution in [0.1, 0.15) is 17.2 Å². The van der Waals surface area contributed by atoms with Crippen LogP contribution in [0.3, 0.4) is 0 Å². The van der Waals surface area contributed by atoms with Gasteiger partial charge in [0.25, 0.3) is 0 Å². The molecule has 0 saturated heterocycles. The minimum absolute atomic E-state index is 0. The molecule has 1 aromatic carbocycles. The summed E-state index contributed by atoms with van der Waals surface area (Å²) in [5.74, 6) is 0. The Morgan fingerprint density at radius 3 is 2.25 bits per heavy atom. The van der Waals surface area contributed by atoms with Crippen molar-refractivity contribution in [1.82, 2.24) is 0 Å². The van der Waals surface area contributed by atoms with Gasteiger partial charge in [0, 0.05) is 15.6 Å². The molecule has 0 unspecified atom stereocenters. The summed E-state index contributed by atoms with van der Waals surface area (Å²) in [4.78, 5) is 0. The molecule has 1 nitrogen and oxygen atoms in total. The number of nitrogens with two attached hydrogens (primary N) is 1. The lowest BCUT2D eigenvalue weighted by Gasteiger charge is -2.13. The van der Waals surface area contributed by atoms with Gasteiger partial charge in [-0.3, -0.25) is 0 Å². The lowest BCUT2D eigenvalue weighted by Crippen LogP contribution is -2.11. The van der Waals surface area contributed by atoms with Crippen molar-refractivity contribution in [3.8, 4) is 0 Å². The Kier molecular flexibility index (Phi) is 5.09. The Balaban J connectivity index is 0.00000128. The van der Waals surface area contributed by atoms with Crippen molar-refractivity contribution in [3.63, 3.8) is 0 Å². The predicted molar refractivity (Wildman–Crippen MR) is 74.1 cm³/mol. The zero-order valence-electron chi connectivity index (χ0n) is 8.19. The van der Waals surface area contributed by atoms with Crippen molar-refractivity contribution in [3.05, 3.63) is 56.2 Å². The van der Waals surface area contributed by atoms with Crippen molar-refractivity contribution < 1.29 is 0 Å². The van der Waals surface area contributed by atoms with Crippen LogP contribution in [0.4, 0.5) is 0 Å². The molecule has 2 N–H and O–H groups in total. The molecule has 0 radical (unpaired) electrons. The zero-order valence-corrected chi connectivity index (χ0v) is 11.3. The number of rotatable bonds is 2. The molecule has 0 aliphatic rings. The van der Waals surface area contributed by atoms with Crippen LogP contribution < -0.4 is 5.73 Å². The fraction of sp³-hybridized carbons (Fsp3) is 0.0909. The summed E-state index contributed by atoms with van der Waals surface area (Å²) in [6, 6.07) is 7.14. The molecule has 2 rings (SSSR count). The van der Waals surface area contributed by atoms with E-state index in [-0.39, 0.29) is 18.4 Å². The van der Waals surface area contributed by atoms with Gasteiger partial charge in [-0.25, -0.2) is 0 Å². The van der Waals surface area contributed by atoms with E-state index in [2.05, 4.69) is 0 Å². The van der Waals surface area contributed by atoms with Crippen molar-refractivity contribution in [2.75, 3.05) is 0 Å². The van der Waals surface area contributed by atoms with Crippen LogP contribution in [0, 0.1) is 0 Å². The summed E-state index contributed by atoms with van der Waals surface area (Å²) < 4.78 is 0. The molecule has 0 aliphatic heterocycles. The lowest BCUT2D eigenvalue weighted by atomic mass is 10.0. The van der Waals surface area contributed by atoms with Gasteiger partial charge >= 0.3 is 0 Å². The first kappa shape index (κ1) is 13.8. The molecule has 1 atom stereocenters. The standard InChI is InChI=1S/C11H9Cl2NS.ClH/c12-8-2-1-3-9(13)10(8)11(14)7-4-5-15-6-7;/h1-6,11H,14H2;1H/t11-;/m0./s1. The second kappa shape index (κ2) is 5.89. The van der Waals surface area contributed by atoms with Crippen LogP contribution in [0.2, 0.25) is 10.0 Å². The molecule has 1 aromatic heterocycles. The highest BCUT2D eigenvalue weighted by Crippen LogP contribution is 2.33. The Labute approximate surface area is 115 Å². The maximum Gasteiger partial charge on any atom is 0.0589 e. The molecular weight excluding hydrogens is 285 g/mol. The average Bonchev–Trinajstić information content (AvgIpc) is 2.69. The van der Waals surface area contributed by atoms with E-state index in [9.17, 15) is 0 Å². The third-order valence-electron chi connectivity index (χ3n) is 2.21. The molecule has 0 bridgehead atoms. The van der Waals surface area contributed by atoms with E-state index in [1.165, 1.54) is 0 Å². The SMILES string of the molecule is Cl.N[C@@H](c1ccsc1)c1c(Cl)cccc1Cl. The first-order chi connectivity index (χ1) is 7.20. The average molecular weight is 295 g/mol. The lowest BCUT2D eigenvalue weighted by molar-refractivity contribution is 0.877. The molecule has 0 aliphatic carbocycles. The normalized spacial score (nSPS) is 11.9. The van der Waals surface area contributed by atoms with Crippen molar-refractivity contribution in [1.29, 1.82) is 0 Å². The fourth-order valence-corrected chi connectivity index (χ4v) is 2.76. The van der Waals surface area contributed by atoms with Gasteiger partial charge in [-0.05, 0) is 34.5 Å². The summed E-state index contributed by atoms with van der Waals surface area (Å²) in [5, 5.41) is 5.21. The van der Waals surface area contributed by atoms with E-state index in [4.69, 9.17) is 28.9 Å². The molecule has 1 heterocycles. The quantitative estimate of drug-likeness (QED) is 0.865. The highest BCUT2D eigenvalue weighted by Gasteiger charge is 2.15. The van der Waals surface area contributed by atoms with E-state index in [0.29, 0.717) is 10.0 Å². The van der Waals surface area contributed by atoms with Crippen LogP contribution >= 0.6 is 46.9 Å². The summed E-state index contributed by atoms with van der Waals surface area (Å²) in [6.07, 6.45) is 0. The highest BCUT2D eigenvalue weighted by molar-refractivity contribution is 7.08. The smallest absolute Gasteiger partial charge is 0.0589 e. The maximum absolute atomic E-state index is 6.10. The number of benzene rings is 1. The summed E-state index contributed by atoms with van der Waals surface area (Å²) in [6.45, 7) is 0. The number of thiophene rings is 1. The first-order valence-electron chi connectivity index (χ1n) is 4.41. The second-order valence-electron chi connectivity index (χ2n) is 3.17. The van der Waals surface area contributed by atoms with Crippen molar-refractivity contribution in [2.45, 2.75) is 6.04 Å². The third-order valence-corrected chi connectivity index (χ3v) is 3.57.